The maximum Gasteiger partial charge on any atom is 0.271 e. The summed E-state index contributed by atoms with van der Waals surface area (Å²) in [4.78, 5) is 29.2. The lowest BCUT2D eigenvalue weighted by atomic mass is 10.1. The van der Waals surface area contributed by atoms with Gasteiger partial charge in [0.2, 0.25) is 0 Å². The summed E-state index contributed by atoms with van der Waals surface area (Å²) in [6.07, 6.45) is 3.20. The Balaban J connectivity index is 1.39. The average Bonchev–Trinajstić information content (AvgIpc) is 3.41. The summed E-state index contributed by atoms with van der Waals surface area (Å²) in [5, 5.41) is 7.21. The Morgan fingerprint density at radius 3 is 2.59 bits per heavy atom. The molecule has 7 nitrogen and oxygen atoms in total. The number of aromatic nitrogens is 2. The van der Waals surface area contributed by atoms with Crippen molar-refractivity contribution < 1.29 is 14.3 Å². The van der Waals surface area contributed by atoms with Crippen LogP contribution in [0.2, 0.25) is 0 Å². The average molecular weight is 396 g/mol. The van der Waals surface area contributed by atoms with Gasteiger partial charge < -0.3 is 14.5 Å². The maximum atomic E-state index is 13.0. The second kappa shape index (κ2) is 8.78. The van der Waals surface area contributed by atoms with Gasteiger partial charge in [-0.25, -0.2) is 0 Å². The third-order valence-corrected chi connectivity index (χ3v) is 5.77. The van der Waals surface area contributed by atoms with E-state index in [2.05, 4.69) is 29.3 Å². The molecule has 2 saturated heterocycles. The lowest BCUT2D eigenvalue weighted by Gasteiger charge is -2.24. The first kappa shape index (κ1) is 19.6. The number of amides is 2. The first-order chi connectivity index (χ1) is 14.2. The van der Waals surface area contributed by atoms with Gasteiger partial charge in [-0.1, -0.05) is 31.2 Å². The molecule has 0 unspecified atom stereocenters. The van der Waals surface area contributed by atoms with Crippen molar-refractivity contribution in [1.29, 1.82) is 0 Å². The van der Waals surface area contributed by atoms with Crippen LogP contribution in [-0.4, -0.2) is 70.7 Å². The fraction of sp³-hybridized carbons (Fsp3) is 0.500. The SMILES string of the molecule is CCc1ccc(-c2cc(C(=O)N3CCCN(C(=O)[C@H]4CCCO4)CC3)[nH]n2)cc1. The lowest BCUT2D eigenvalue weighted by Crippen LogP contribution is -2.41. The lowest BCUT2D eigenvalue weighted by molar-refractivity contribution is -0.140. The number of H-pyrrole nitrogens is 1. The number of aromatic amines is 1. The molecular formula is C22H28N4O3. The Morgan fingerprint density at radius 2 is 1.86 bits per heavy atom. The summed E-state index contributed by atoms with van der Waals surface area (Å²) < 4.78 is 5.53. The van der Waals surface area contributed by atoms with E-state index >= 15 is 0 Å². The Morgan fingerprint density at radius 1 is 1.10 bits per heavy atom. The molecule has 2 fully saturated rings. The van der Waals surface area contributed by atoms with Crippen molar-refractivity contribution >= 4 is 11.8 Å². The van der Waals surface area contributed by atoms with Crippen molar-refractivity contribution in [2.45, 2.75) is 38.7 Å². The number of ether oxygens (including phenoxy) is 1. The van der Waals surface area contributed by atoms with Crippen LogP contribution in [-0.2, 0) is 16.0 Å². The fourth-order valence-corrected chi connectivity index (χ4v) is 3.98. The highest BCUT2D eigenvalue weighted by Crippen LogP contribution is 2.20. The molecule has 1 N–H and O–H groups in total. The van der Waals surface area contributed by atoms with Crippen LogP contribution in [0.3, 0.4) is 0 Å². The number of rotatable bonds is 4. The maximum absolute atomic E-state index is 13.0. The number of nitrogens with one attached hydrogen (secondary N) is 1. The molecule has 0 saturated carbocycles. The van der Waals surface area contributed by atoms with E-state index in [0.717, 1.165) is 36.9 Å². The number of benzene rings is 1. The largest absolute Gasteiger partial charge is 0.368 e. The molecule has 2 aliphatic rings. The number of hydrogen-bond acceptors (Lipinski definition) is 4. The molecule has 1 aromatic carbocycles. The molecule has 2 amide bonds. The molecule has 1 atom stereocenters. The minimum Gasteiger partial charge on any atom is -0.368 e. The second-order valence-electron chi connectivity index (χ2n) is 7.69. The van der Waals surface area contributed by atoms with E-state index in [0.29, 0.717) is 38.5 Å². The Bertz CT molecular complexity index is 855. The molecule has 3 heterocycles. The first-order valence-corrected chi connectivity index (χ1v) is 10.5. The van der Waals surface area contributed by atoms with Gasteiger partial charge in [0, 0.05) is 38.3 Å². The van der Waals surface area contributed by atoms with Crippen molar-refractivity contribution in [1.82, 2.24) is 20.0 Å². The normalized spacial score (nSPS) is 20.0. The zero-order chi connectivity index (χ0) is 20.2. The van der Waals surface area contributed by atoms with Gasteiger partial charge in [0.05, 0.1) is 5.69 Å². The number of hydrogen-bond donors (Lipinski definition) is 1. The smallest absolute Gasteiger partial charge is 0.271 e. The van der Waals surface area contributed by atoms with Crippen LogP contribution >= 0.6 is 0 Å². The van der Waals surface area contributed by atoms with E-state index in [9.17, 15) is 9.59 Å². The topological polar surface area (TPSA) is 78.5 Å². The van der Waals surface area contributed by atoms with Gasteiger partial charge in [-0.3, -0.25) is 14.7 Å². The molecular weight excluding hydrogens is 368 g/mol. The van der Waals surface area contributed by atoms with E-state index in [1.807, 2.05) is 23.1 Å². The van der Waals surface area contributed by atoms with Gasteiger partial charge >= 0.3 is 0 Å². The molecule has 4 rings (SSSR count). The molecule has 7 heteroatoms. The predicted molar refractivity (Wildman–Crippen MR) is 109 cm³/mol. The van der Waals surface area contributed by atoms with E-state index in [4.69, 9.17) is 4.74 Å². The highest BCUT2D eigenvalue weighted by molar-refractivity contribution is 5.93. The fourth-order valence-electron chi connectivity index (χ4n) is 3.98. The zero-order valence-corrected chi connectivity index (χ0v) is 16.9. The monoisotopic (exact) mass is 396 g/mol. The Labute approximate surface area is 171 Å². The third-order valence-electron chi connectivity index (χ3n) is 5.77. The van der Waals surface area contributed by atoms with Crippen LogP contribution in [0.4, 0.5) is 0 Å². The van der Waals surface area contributed by atoms with Gasteiger partial charge in [-0.2, -0.15) is 5.10 Å². The van der Waals surface area contributed by atoms with Gasteiger partial charge in [0.25, 0.3) is 11.8 Å². The number of nitrogens with zero attached hydrogens (tertiary/aromatic N) is 3. The van der Waals surface area contributed by atoms with Gasteiger partial charge in [0.15, 0.2) is 0 Å². The molecule has 0 spiro atoms. The second-order valence-corrected chi connectivity index (χ2v) is 7.69. The number of aryl methyl sites for hydroxylation is 1. The van der Waals surface area contributed by atoms with Crippen LogP contribution in [0.5, 0.6) is 0 Å². The van der Waals surface area contributed by atoms with Crippen LogP contribution in [0.25, 0.3) is 11.3 Å². The quantitative estimate of drug-likeness (QED) is 0.861. The third kappa shape index (κ3) is 4.34. The van der Waals surface area contributed by atoms with Gasteiger partial charge in [0.1, 0.15) is 11.8 Å². The van der Waals surface area contributed by atoms with Crippen LogP contribution in [0.15, 0.2) is 30.3 Å². The van der Waals surface area contributed by atoms with Crippen LogP contribution in [0.1, 0.15) is 42.2 Å². The van der Waals surface area contributed by atoms with Crippen molar-refractivity contribution in [2.75, 3.05) is 32.8 Å². The Hall–Kier alpha value is -2.67. The van der Waals surface area contributed by atoms with Crippen molar-refractivity contribution in [2.24, 2.45) is 0 Å². The van der Waals surface area contributed by atoms with Crippen molar-refractivity contribution in [3.8, 4) is 11.3 Å². The van der Waals surface area contributed by atoms with Gasteiger partial charge in [-0.05, 0) is 37.3 Å². The summed E-state index contributed by atoms with van der Waals surface area (Å²) in [5.41, 5.74) is 3.51. The molecule has 29 heavy (non-hydrogen) atoms. The molecule has 0 radical (unpaired) electrons. The van der Waals surface area contributed by atoms with Crippen LogP contribution in [0, 0.1) is 0 Å². The first-order valence-electron chi connectivity index (χ1n) is 10.5. The molecule has 0 bridgehead atoms. The minimum absolute atomic E-state index is 0.0659. The van der Waals surface area contributed by atoms with Crippen molar-refractivity contribution in [3.63, 3.8) is 0 Å². The summed E-state index contributed by atoms with van der Waals surface area (Å²) >= 11 is 0. The summed E-state index contributed by atoms with van der Waals surface area (Å²) in [6, 6.07) is 10.0. The molecule has 2 aromatic rings. The number of carbonyl (C=O) groups is 2. The Kier molecular flexibility index (Phi) is 5.94. The molecule has 0 aliphatic carbocycles. The van der Waals surface area contributed by atoms with E-state index < -0.39 is 0 Å². The minimum atomic E-state index is -0.300. The molecule has 1 aromatic heterocycles. The predicted octanol–water partition coefficient (Wildman–Crippen LogP) is 2.49. The van der Waals surface area contributed by atoms with Gasteiger partial charge in [-0.15, -0.1) is 0 Å². The summed E-state index contributed by atoms with van der Waals surface area (Å²) in [7, 11) is 0. The summed E-state index contributed by atoms with van der Waals surface area (Å²) in [5.74, 6) is -0.00325. The van der Waals surface area contributed by atoms with E-state index in [-0.39, 0.29) is 17.9 Å². The highest BCUT2D eigenvalue weighted by atomic mass is 16.5. The highest BCUT2D eigenvalue weighted by Gasteiger charge is 2.30. The van der Waals surface area contributed by atoms with E-state index in [1.54, 1.807) is 4.90 Å². The van der Waals surface area contributed by atoms with Crippen LogP contribution < -0.4 is 0 Å². The molecule has 2 aliphatic heterocycles. The van der Waals surface area contributed by atoms with E-state index in [1.165, 1.54) is 5.56 Å². The summed E-state index contributed by atoms with van der Waals surface area (Å²) in [6.45, 7) is 5.16. The number of carbonyl (C=O) groups excluding carboxylic acids is 2. The molecule has 154 valence electrons. The standard InChI is InChI=1S/C22H28N4O3/c1-2-16-6-8-17(9-7-16)18-15-19(24-23-18)21(27)25-10-4-11-26(13-12-25)22(28)20-5-3-14-29-20/h6-9,15,20H,2-5,10-14H2,1H3,(H,23,24)/t20-/m1/s1. The zero-order valence-electron chi connectivity index (χ0n) is 16.9. The van der Waals surface area contributed by atoms with Crippen molar-refractivity contribution in [3.05, 3.63) is 41.6 Å².